The number of nitrogens with zero attached hydrogens (tertiary/aromatic N) is 2. The van der Waals surface area contributed by atoms with Crippen LogP contribution >= 0.6 is 23.4 Å². The van der Waals surface area contributed by atoms with Crippen molar-refractivity contribution in [2.24, 2.45) is 0 Å². The first-order valence-electron chi connectivity index (χ1n) is 6.39. The highest BCUT2D eigenvalue weighted by Gasteiger charge is 2.22. The van der Waals surface area contributed by atoms with Gasteiger partial charge in [-0.2, -0.15) is 0 Å². The third-order valence-corrected chi connectivity index (χ3v) is 4.30. The molecule has 0 atom stereocenters. The lowest BCUT2D eigenvalue weighted by Crippen LogP contribution is -2.34. The number of halogens is 1. The monoisotopic (exact) mass is 298 g/mol. The van der Waals surface area contributed by atoms with Crippen molar-refractivity contribution in [3.63, 3.8) is 0 Å². The van der Waals surface area contributed by atoms with Crippen LogP contribution in [-0.2, 0) is 10.5 Å². The Morgan fingerprint density at radius 2 is 2.16 bits per heavy atom. The van der Waals surface area contributed by atoms with Gasteiger partial charge < -0.3 is 9.80 Å². The lowest BCUT2D eigenvalue weighted by Gasteiger charge is -2.23. The van der Waals surface area contributed by atoms with E-state index in [-0.39, 0.29) is 5.91 Å². The van der Waals surface area contributed by atoms with Crippen molar-refractivity contribution in [1.29, 1.82) is 0 Å². The molecule has 0 aromatic heterocycles. The molecule has 0 radical (unpaired) electrons. The summed E-state index contributed by atoms with van der Waals surface area (Å²) in [6.07, 6.45) is 0.978. The van der Waals surface area contributed by atoms with Crippen molar-refractivity contribution in [2.75, 3.05) is 37.8 Å². The molecule has 0 unspecified atom stereocenters. The molecule has 1 aromatic carbocycles. The molecule has 1 heterocycles. The second-order valence-electron chi connectivity index (χ2n) is 4.97. The van der Waals surface area contributed by atoms with Crippen molar-refractivity contribution in [3.8, 4) is 0 Å². The predicted molar refractivity (Wildman–Crippen MR) is 83.1 cm³/mol. The topological polar surface area (TPSA) is 23.6 Å². The number of carbonyl (C=O) groups is 1. The second-order valence-corrected chi connectivity index (χ2v) is 6.39. The zero-order valence-corrected chi connectivity index (χ0v) is 12.9. The lowest BCUT2D eigenvalue weighted by atomic mass is 10.1. The lowest BCUT2D eigenvalue weighted by molar-refractivity contribution is -0.116. The third kappa shape index (κ3) is 3.88. The molecule has 1 aliphatic heterocycles. The summed E-state index contributed by atoms with van der Waals surface area (Å²) < 4.78 is 0. The minimum absolute atomic E-state index is 0.199. The summed E-state index contributed by atoms with van der Waals surface area (Å²) in [5.41, 5.74) is 2.19. The number of anilines is 1. The summed E-state index contributed by atoms with van der Waals surface area (Å²) in [7, 11) is 4.10. The normalized spacial score (nSPS) is 15.6. The first kappa shape index (κ1) is 14.7. The average Bonchev–Trinajstić information content (AvgIpc) is 2.49. The molecule has 0 aliphatic carbocycles. The van der Waals surface area contributed by atoms with Gasteiger partial charge in [0.2, 0.25) is 5.91 Å². The minimum Gasteiger partial charge on any atom is -0.311 e. The van der Waals surface area contributed by atoms with Crippen LogP contribution in [0, 0.1) is 0 Å². The highest BCUT2D eigenvalue weighted by Crippen LogP contribution is 2.31. The van der Waals surface area contributed by atoms with Gasteiger partial charge in [0.25, 0.3) is 0 Å². The summed E-state index contributed by atoms with van der Waals surface area (Å²) in [6.45, 7) is 1.76. The van der Waals surface area contributed by atoms with Crippen LogP contribution in [0.2, 0.25) is 5.02 Å². The van der Waals surface area contributed by atoms with Gasteiger partial charge in [0, 0.05) is 23.0 Å². The SMILES string of the molecule is CN(C)CCCN1C(=O)CSCc2cc(Cl)ccc21. The number of thioether (sulfide) groups is 1. The van der Waals surface area contributed by atoms with E-state index < -0.39 is 0 Å². The van der Waals surface area contributed by atoms with Crippen LogP contribution in [0.25, 0.3) is 0 Å². The van der Waals surface area contributed by atoms with Crippen LogP contribution in [0.15, 0.2) is 18.2 Å². The summed E-state index contributed by atoms with van der Waals surface area (Å²) in [5.74, 6) is 1.60. The fraction of sp³-hybridized carbons (Fsp3) is 0.500. The highest BCUT2D eigenvalue weighted by atomic mass is 35.5. The van der Waals surface area contributed by atoms with E-state index in [1.807, 2.05) is 37.2 Å². The minimum atomic E-state index is 0.199. The van der Waals surface area contributed by atoms with E-state index in [0.29, 0.717) is 5.75 Å². The number of hydrogen-bond donors (Lipinski definition) is 0. The Labute approximate surface area is 123 Å². The molecular weight excluding hydrogens is 280 g/mol. The van der Waals surface area contributed by atoms with Crippen LogP contribution < -0.4 is 4.90 Å². The van der Waals surface area contributed by atoms with Crippen molar-refractivity contribution in [2.45, 2.75) is 12.2 Å². The molecule has 1 amide bonds. The Balaban J connectivity index is 2.18. The molecule has 0 bridgehead atoms. The van der Waals surface area contributed by atoms with Gasteiger partial charge in [-0.05, 0) is 50.8 Å². The number of carbonyl (C=O) groups excluding carboxylic acids is 1. The van der Waals surface area contributed by atoms with Crippen molar-refractivity contribution >= 4 is 35.0 Å². The zero-order chi connectivity index (χ0) is 13.8. The summed E-state index contributed by atoms with van der Waals surface area (Å²) in [5, 5.41) is 0.738. The van der Waals surface area contributed by atoms with Crippen LogP contribution in [-0.4, -0.2) is 43.7 Å². The van der Waals surface area contributed by atoms with Gasteiger partial charge in [-0.15, -0.1) is 11.8 Å². The van der Waals surface area contributed by atoms with E-state index in [2.05, 4.69) is 4.90 Å². The number of rotatable bonds is 4. The largest absolute Gasteiger partial charge is 0.311 e. The summed E-state index contributed by atoms with van der Waals surface area (Å²) >= 11 is 7.70. The standard InChI is InChI=1S/C14H19ClN2OS/c1-16(2)6-3-7-17-13-5-4-12(15)8-11(13)9-19-10-14(17)18/h4-5,8H,3,6-7,9-10H2,1-2H3. The molecule has 104 valence electrons. The molecular formula is C14H19ClN2OS. The molecule has 0 N–H and O–H groups in total. The van der Waals surface area contributed by atoms with E-state index in [0.717, 1.165) is 41.5 Å². The van der Waals surface area contributed by atoms with E-state index in [9.17, 15) is 4.79 Å². The van der Waals surface area contributed by atoms with Gasteiger partial charge in [-0.3, -0.25) is 4.79 Å². The molecule has 19 heavy (non-hydrogen) atoms. The number of amides is 1. The quantitative estimate of drug-likeness (QED) is 0.854. The summed E-state index contributed by atoms with van der Waals surface area (Å²) in [4.78, 5) is 16.2. The van der Waals surface area contributed by atoms with Crippen LogP contribution in [0.4, 0.5) is 5.69 Å². The van der Waals surface area contributed by atoms with E-state index in [1.165, 1.54) is 0 Å². The van der Waals surface area contributed by atoms with Crippen LogP contribution in [0.1, 0.15) is 12.0 Å². The van der Waals surface area contributed by atoms with Gasteiger partial charge in [0.1, 0.15) is 0 Å². The van der Waals surface area contributed by atoms with Crippen molar-refractivity contribution in [3.05, 3.63) is 28.8 Å². The van der Waals surface area contributed by atoms with Crippen molar-refractivity contribution < 1.29 is 4.79 Å². The molecule has 0 saturated heterocycles. The first-order chi connectivity index (χ1) is 9.08. The average molecular weight is 299 g/mol. The van der Waals surface area contributed by atoms with E-state index in [4.69, 9.17) is 11.6 Å². The fourth-order valence-electron chi connectivity index (χ4n) is 2.18. The number of hydrogen-bond acceptors (Lipinski definition) is 3. The molecule has 0 fully saturated rings. The molecule has 3 nitrogen and oxygen atoms in total. The van der Waals surface area contributed by atoms with E-state index in [1.54, 1.807) is 11.8 Å². The Morgan fingerprint density at radius 3 is 2.89 bits per heavy atom. The molecule has 2 rings (SSSR count). The molecule has 1 aromatic rings. The van der Waals surface area contributed by atoms with Crippen molar-refractivity contribution in [1.82, 2.24) is 4.90 Å². The Hall–Kier alpha value is -0.710. The van der Waals surface area contributed by atoms with Gasteiger partial charge in [0.05, 0.1) is 5.75 Å². The van der Waals surface area contributed by atoms with Crippen LogP contribution in [0.5, 0.6) is 0 Å². The zero-order valence-electron chi connectivity index (χ0n) is 11.4. The smallest absolute Gasteiger partial charge is 0.236 e. The number of fused-ring (bicyclic) bond motifs is 1. The maximum atomic E-state index is 12.2. The molecule has 0 saturated carbocycles. The van der Waals surface area contributed by atoms with E-state index >= 15 is 0 Å². The molecule has 1 aliphatic rings. The summed E-state index contributed by atoms with van der Waals surface area (Å²) in [6, 6.07) is 5.81. The number of benzene rings is 1. The fourth-order valence-corrected chi connectivity index (χ4v) is 3.26. The maximum Gasteiger partial charge on any atom is 0.236 e. The Morgan fingerprint density at radius 1 is 1.37 bits per heavy atom. The third-order valence-electron chi connectivity index (χ3n) is 3.10. The molecule has 5 heteroatoms. The van der Waals surface area contributed by atoms with Gasteiger partial charge in [-0.1, -0.05) is 11.6 Å². The van der Waals surface area contributed by atoms with Gasteiger partial charge in [-0.25, -0.2) is 0 Å². The predicted octanol–water partition coefficient (Wildman–Crippen LogP) is 2.87. The molecule has 0 spiro atoms. The maximum absolute atomic E-state index is 12.2. The Kier molecular flexibility index (Phi) is 5.13. The first-order valence-corrected chi connectivity index (χ1v) is 7.92. The van der Waals surface area contributed by atoms with Gasteiger partial charge in [0.15, 0.2) is 0 Å². The van der Waals surface area contributed by atoms with Crippen LogP contribution in [0.3, 0.4) is 0 Å². The Bertz CT molecular complexity index is 465. The van der Waals surface area contributed by atoms with Gasteiger partial charge >= 0.3 is 0 Å². The highest BCUT2D eigenvalue weighted by molar-refractivity contribution is 7.99. The second kappa shape index (κ2) is 6.64.